The minimum Gasteiger partial charge on any atom is -0.339 e. The van der Waals surface area contributed by atoms with Gasteiger partial charge in [0, 0.05) is 17.5 Å². The second-order valence-electron chi connectivity index (χ2n) is 6.41. The number of imidazole rings is 1. The van der Waals surface area contributed by atoms with Gasteiger partial charge in [-0.3, -0.25) is 0 Å². The van der Waals surface area contributed by atoms with Crippen molar-refractivity contribution < 1.29 is 8.91 Å². The zero-order chi connectivity index (χ0) is 18.8. The van der Waals surface area contributed by atoms with Crippen molar-refractivity contribution >= 4 is 0 Å². The zero-order valence-electron chi connectivity index (χ0n) is 15.2. The Hall–Kier alpha value is -3.28. The summed E-state index contributed by atoms with van der Waals surface area (Å²) in [5.41, 5.74) is 4.20. The molecule has 0 N–H and O–H groups in total. The highest BCUT2D eigenvalue weighted by Gasteiger charge is 2.17. The van der Waals surface area contributed by atoms with Gasteiger partial charge in [0.05, 0.1) is 24.3 Å². The normalized spacial score (nSPS) is 11.1. The molecule has 2 aromatic carbocycles. The Labute approximate surface area is 156 Å². The molecule has 0 saturated heterocycles. The molecule has 0 bridgehead atoms. The SMILES string of the molecule is CCc1nc(Cn2cnc(-c3ccccc3)c2-c2cc(C)cc(F)c2)no1. The van der Waals surface area contributed by atoms with Gasteiger partial charge in [0.2, 0.25) is 5.89 Å². The van der Waals surface area contributed by atoms with Gasteiger partial charge >= 0.3 is 0 Å². The summed E-state index contributed by atoms with van der Waals surface area (Å²) in [6.45, 7) is 4.24. The average molecular weight is 362 g/mol. The summed E-state index contributed by atoms with van der Waals surface area (Å²) < 4.78 is 21.2. The lowest BCUT2D eigenvalue weighted by molar-refractivity contribution is 0.375. The quantitative estimate of drug-likeness (QED) is 0.518. The Morgan fingerprint density at radius 3 is 2.59 bits per heavy atom. The molecule has 0 atom stereocenters. The Kier molecular flexibility index (Phi) is 4.54. The van der Waals surface area contributed by atoms with E-state index in [0.717, 1.165) is 28.1 Å². The minimum atomic E-state index is -0.274. The largest absolute Gasteiger partial charge is 0.339 e. The summed E-state index contributed by atoms with van der Waals surface area (Å²) in [4.78, 5) is 8.98. The molecule has 0 amide bonds. The molecular formula is C21H19FN4O. The molecule has 4 aromatic rings. The van der Waals surface area contributed by atoms with Crippen LogP contribution in [0.4, 0.5) is 4.39 Å². The van der Waals surface area contributed by atoms with E-state index in [0.29, 0.717) is 24.7 Å². The van der Waals surface area contributed by atoms with Gasteiger partial charge < -0.3 is 9.09 Å². The van der Waals surface area contributed by atoms with E-state index in [1.54, 1.807) is 6.33 Å². The van der Waals surface area contributed by atoms with Gasteiger partial charge in [-0.1, -0.05) is 42.4 Å². The van der Waals surface area contributed by atoms with Crippen molar-refractivity contribution in [3.05, 3.63) is 78.0 Å². The van der Waals surface area contributed by atoms with Crippen LogP contribution in [0.15, 0.2) is 59.4 Å². The number of hydrogen-bond donors (Lipinski definition) is 0. The Morgan fingerprint density at radius 1 is 1.07 bits per heavy atom. The molecular weight excluding hydrogens is 343 g/mol. The molecule has 0 radical (unpaired) electrons. The summed E-state index contributed by atoms with van der Waals surface area (Å²) in [6, 6.07) is 14.9. The van der Waals surface area contributed by atoms with Crippen LogP contribution in [-0.4, -0.2) is 19.7 Å². The third-order valence-electron chi connectivity index (χ3n) is 4.32. The molecule has 0 aliphatic rings. The van der Waals surface area contributed by atoms with Crippen LogP contribution < -0.4 is 0 Å². The first-order valence-electron chi connectivity index (χ1n) is 8.83. The van der Waals surface area contributed by atoms with Crippen molar-refractivity contribution in [2.75, 3.05) is 0 Å². The van der Waals surface area contributed by atoms with Crippen LogP contribution in [0.3, 0.4) is 0 Å². The molecule has 0 fully saturated rings. The first kappa shape index (κ1) is 17.1. The monoisotopic (exact) mass is 362 g/mol. The van der Waals surface area contributed by atoms with Crippen molar-refractivity contribution in [1.29, 1.82) is 0 Å². The molecule has 4 rings (SSSR count). The van der Waals surface area contributed by atoms with Crippen LogP contribution in [0.5, 0.6) is 0 Å². The molecule has 2 heterocycles. The van der Waals surface area contributed by atoms with Gasteiger partial charge in [0.1, 0.15) is 5.82 Å². The van der Waals surface area contributed by atoms with E-state index in [1.807, 2.05) is 54.8 Å². The van der Waals surface area contributed by atoms with Crippen molar-refractivity contribution in [2.24, 2.45) is 0 Å². The van der Waals surface area contributed by atoms with Crippen molar-refractivity contribution in [1.82, 2.24) is 19.7 Å². The maximum Gasteiger partial charge on any atom is 0.226 e. The lowest BCUT2D eigenvalue weighted by Crippen LogP contribution is -2.03. The molecule has 2 aromatic heterocycles. The van der Waals surface area contributed by atoms with E-state index in [4.69, 9.17) is 4.52 Å². The van der Waals surface area contributed by atoms with E-state index in [1.165, 1.54) is 12.1 Å². The smallest absolute Gasteiger partial charge is 0.226 e. The molecule has 136 valence electrons. The number of nitrogens with zero attached hydrogens (tertiary/aromatic N) is 4. The van der Waals surface area contributed by atoms with E-state index in [9.17, 15) is 4.39 Å². The van der Waals surface area contributed by atoms with Gasteiger partial charge in [0.25, 0.3) is 0 Å². The highest BCUT2D eigenvalue weighted by Crippen LogP contribution is 2.32. The second-order valence-corrected chi connectivity index (χ2v) is 6.41. The highest BCUT2D eigenvalue weighted by atomic mass is 19.1. The number of rotatable bonds is 5. The van der Waals surface area contributed by atoms with Crippen LogP contribution in [0.1, 0.15) is 24.2 Å². The molecule has 27 heavy (non-hydrogen) atoms. The predicted octanol–water partition coefficient (Wildman–Crippen LogP) is 4.66. The summed E-state index contributed by atoms with van der Waals surface area (Å²) in [5.74, 6) is 0.888. The van der Waals surface area contributed by atoms with Gasteiger partial charge in [-0.25, -0.2) is 9.37 Å². The maximum absolute atomic E-state index is 14.1. The first-order valence-corrected chi connectivity index (χ1v) is 8.83. The lowest BCUT2D eigenvalue weighted by Gasteiger charge is -2.10. The van der Waals surface area contributed by atoms with E-state index in [-0.39, 0.29) is 5.82 Å². The molecule has 0 aliphatic heterocycles. The molecule has 0 aliphatic carbocycles. The van der Waals surface area contributed by atoms with Crippen LogP contribution in [0.25, 0.3) is 22.5 Å². The molecule has 6 heteroatoms. The molecule has 0 saturated carbocycles. The summed E-state index contributed by atoms with van der Waals surface area (Å²) in [6.07, 6.45) is 2.42. The lowest BCUT2D eigenvalue weighted by atomic mass is 10.0. The van der Waals surface area contributed by atoms with Gasteiger partial charge in [-0.2, -0.15) is 4.98 Å². The van der Waals surface area contributed by atoms with Gasteiger partial charge in [-0.05, 0) is 30.7 Å². The van der Waals surface area contributed by atoms with Crippen LogP contribution in [0.2, 0.25) is 0 Å². The maximum atomic E-state index is 14.1. The predicted molar refractivity (Wildman–Crippen MR) is 101 cm³/mol. The molecule has 5 nitrogen and oxygen atoms in total. The zero-order valence-corrected chi connectivity index (χ0v) is 15.2. The van der Waals surface area contributed by atoms with Crippen molar-refractivity contribution in [2.45, 2.75) is 26.8 Å². The number of hydrogen-bond acceptors (Lipinski definition) is 4. The summed E-state index contributed by atoms with van der Waals surface area (Å²) in [5, 5.41) is 4.03. The van der Waals surface area contributed by atoms with Gasteiger partial charge in [-0.15, -0.1) is 0 Å². The molecule has 0 spiro atoms. The van der Waals surface area contributed by atoms with Crippen LogP contribution >= 0.6 is 0 Å². The van der Waals surface area contributed by atoms with Crippen molar-refractivity contribution in [3.63, 3.8) is 0 Å². The Morgan fingerprint density at radius 2 is 1.89 bits per heavy atom. The first-order chi connectivity index (χ1) is 13.1. The number of aryl methyl sites for hydroxylation is 2. The average Bonchev–Trinajstić information content (AvgIpc) is 3.29. The third kappa shape index (κ3) is 3.51. The van der Waals surface area contributed by atoms with Crippen LogP contribution in [0, 0.1) is 12.7 Å². The minimum absolute atomic E-state index is 0.274. The number of halogens is 1. The number of benzene rings is 2. The molecule has 0 unspecified atom stereocenters. The Balaban J connectivity index is 1.85. The van der Waals surface area contributed by atoms with Crippen LogP contribution in [-0.2, 0) is 13.0 Å². The standard InChI is InChI=1S/C21H19FN4O/c1-3-19-24-18(25-27-19)12-26-13-23-20(15-7-5-4-6-8-15)21(26)16-9-14(2)10-17(22)11-16/h4-11,13H,3,12H2,1-2H3. The summed E-state index contributed by atoms with van der Waals surface area (Å²) >= 11 is 0. The van der Waals surface area contributed by atoms with E-state index < -0.39 is 0 Å². The van der Waals surface area contributed by atoms with E-state index in [2.05, 4.69) is 15.1 Å². The number of aromatic nitrogens is 4. The fourth-order valence-electron chi connectivity index (χ4n) is 3.14. The second kappa shape index (κ2) is 7.15. The topological polar surface area (TPSA) is 56.7 Å². The Bertz CT molecular complexity index is 1050. The fraction of sp³-hybridized carbons (Fsp3) is 0.190. The summed E-state index contributed by atoms with van der Waals surface area (Å²) in [7, 11) is 0. The fourth-order valence-corrected chi connectivity index (χ4v) is 3.14. The third-order valence-corrected chi connectivity index (χ3v) is 4.32. The van der Waals surface area contributed by atoms with E-state index >= 15 is 0 Å². The van der Waals surface area contributed by atoms with Crippen molar-refractivity contribution in [3.8, 4) is 22.5 Å². The van der Waals surface area contributed by atoms with Gasteiger partial charge in [0.15, 0.2) is 5.82 Å². The highest BCUT2D eigenvalue weighted by molar-refractivity contribution is 5.79.